The third kappa shape index (κ3) is 5.83. The number of anilines is 2. The number of carbonyl (C=O) groups is 1. The summed E-state index contributed by atoms with van der Waals surface area (Å²) in [4.78, 5) is 19.7. The number of nitrogens with zero attached hydrogens (tertiary/aromatic N) is 2. The van der Waals surface area contributed by atoms with E-state index in [1.165, 1.54) is 11.3 Å². The highest BCUT2D eigenvalue weighted by Crippen LogP contribution is 2.39. The fraction of sp³-hybridized carbons (Fsp3) is 0.360. The highest BCUT2D eigenvalue weighted by molar-refractivity contribution is 7.13. The van der Waals surface area contributed by atoms with Gasteiger partial charge in [0.15, 0.2) is 0 Å². The first-order chi connectivity index (χ1) is 16.2. The lowest BCUT2D eigenvalue weighted by molar-refractivity contribution is -0.115. The molecule has 8 heteroatoms. The Morgan fingerprint density at radius 3 is 2.55 bits per heavy atom. The van der Waals surface area contributed by atoms with Crippen LogP contribution in [0.1, 0.15) is 19.5 Å². The van der Waals surface area contributed by atoms with E-state index < -0.39 is 0 Å². The largest absolute Gasteiger partial charge is 0.492 e. The van der Waals surface area contributed by atoms with Gasteiger partial charge in [-0.2, -0.15) is 0 Å². The van der Waals surface area contributed by atoms with Gasteiger partial charge in [-0.05, 0) is 13.8 Å². The van der Waals surface area contributed by atoms with Gasteiger partial charge < -0.3 is 24.4 Å². The second kappa shape index (κ2) is 11.2. The summed E-state index contributed by atoms with van der Waals surface area (Å²) in [5.41, 5.74) is 3.34. The number of hydrogen-bond donors (Lipinski definition) is 1. The number of ether oxygens (including phenoxy) is 3. The minimum Gasteiger partial charge on any atom is -0.492 e. The first-order valence-electron chi connectivity index (χ1n) is 11.2. The van der Waals surface area contributed by atoms with Crippen molar-refractivity contribution in [2.75, 3.05) is 49.7 Å². The number of amides is 1. The van der Waals surface area contributed by atoms with Crippen molar-refractivity contribution < 1.29 is 19.0 Å². The number of nitrogens with one attached hydrogen (secondary N) is 1. The number of carbonyl (C=O) groups excluding carboxylic acids is 1. The molecule has 0 atom stereocenters. The van der Waals surface area contributed by atoms with Gasteiger partial charge in [0.05, 0.1) is 49.9 Å². The van der Waals surface area contributed by atoms with Gasteiger partial charge in [0.1, 0.15) is 16.5 Å². The van der Waals surface area contributed by atoms with Crippen LogP contribution in [0.15, 0.2) is 47.8 Å². The zero-order chi connectivity index (χ0) is 23.0. The zero-order valence-electron chi connectivity index (χ0n) is 19.0. The predicted molar refractivity (Wildman–Crippen MR) is 132 cm³/mol. The average molecular weight is 468 g/mol. The Bertz CT molecular complexity index is 1060. The third-order valence-corrected chi connectivity index (χ3v) is 6.14. The highest BCUT2D eigenvalue weighted by Gasteiger charge is 2.21. The lowest BCUT2D eigenvalue weighted by Crippen LogP contribution is -2.36. The highest BCUT2D eigenvalue weighted by atomic mass is 32.1. The molecule has 1 N–H and O–H groups in total. The van der Waals surface area contributed by atoms with Crippen LogP contribution in [-0.2, 0) is 16.0 Å². The maximum absolute atomic E-state index is 12.9. The molecule has 1 aromatic heterocycles. The monoisotopic (exact) mass is 467 g/mol. The Morgan fingerprint density at radius 1 is 1.09 bits per heavy atom. The second-order valence-electron chi connectivity index (χ2n) is 7.52. The first kappa shape index (κ1) is 23.1. The van der Waals surface area contributed by atoms with E-state index in [9.17, 15) is 4.79 Å². The summed E-state index contributed by atoms with van der Waals surface area (Å²) in [5, 5.41) is 5.83. The molecule has 1 aliphatic heterocycles. The maximum atomic E-state index is 12.9. The topological polar surface area (TPSA) is 72.9 Å². The Balaban J connectivity index is 1.53. The molecule has 33 heavy (non-hydrogen) atoms. The van der Waals surface area contributed by atoms with E-state index in [0.717, 1.165) is 40.8 Å². The Hall–Kier alpha value is -3.10. The van der Waals surface area contributed by atoms with Crippen LogP contribution in [0.5, 0.6) is 11.5 Å². The van der Waals surface area contributed by atoms with E-state index in [2.05, 4.69) is 15.2 Å². The molecular formula is C25H29N3O4S. The summed E-state index contributed by atoms with van der Waals surface area (Å²) in [6, 6.07) is 13.8. The SMILES string of the molecule is CCOc1cc(N2CCOCC2)c(OCC)cc1NC(=O)Cc1csc(-c2ccccc2)n1. The molecule has 1 aliphatic rings. The smallest absolute Gasteiger partial charge is 0.230 e. The van der Waals surface area contributed by atoms with Crippen molar-refractivity contribution in [2.24, 2.45) is 0 Å². The Kier molecular flexibility index (Phi) is 7.80. The molecule has 1 saturated heterocycles. The van der Waals surface area contributed by atoms with Crippen molar-refractivity contribution in [3.8, 4) is 22.1 Å². The molecule has 0 bridgehead atoms. The van der Waals surface area contributed by atoms with Gasteiger partial charge in [0.25, 0.3) is 0 Å². The van der Waals surface area contributed by atoms with Gasteiger partial charge in [-0.25, -0.2) is 4.98 Å². The molecule has 0 aliphatic carbocycles. The fourth-order valence-corrected chi connectivity index (χ4v) is 4.53. The van der Waals surface area contributed by atoms with E-state index in [4.69, 9.17) is 14.2 Å². The molecule has 0 unspecified atom stereocenters. The van der Waals surface area contributed by atoms with Gasteiger partial charge in [0, 0.05) is 36.2 Å². The molecule has 2 aromatic carbocycles. The van der Waals surface area contributed by atoms with E-state index in [0.29, 0.717) is 37.9 Å². The van der Waals surface area contributed by atoms with Crippen LogP contribution in [0, 0.1) is 0 Å². The van der Waals surface area contributed by atoms with Crippen molar-refractivity contribution in [1.82, 2.24) is 4.98 Å². The van der Waals surface area contributed by atoms with Gasteiger partial charge in [-0.1, -0.05) is 30.3 Å². The molecule has 1 amide bonds. The van der Waals surface area contributed by atoms with Gasteiger partial charge >= 0.3 is 0 Å². The standard InChI is InChI=1S/C25H29N3O4S/c1-3-31-22-16-21(28-10-12-30-13-11-28)23(32-4-2)15-20(22)27-24(29)14-19-17-33-25(26-19)18-8-6-5-7-9-18/h5-9,15-17H,3-4,10-14H2,1-2H3,(H,27,29). The molecule has 2 heterocycles. The Morgan fingerprint density at radius 2 is 1.82 bits per heavy atom. The third-order valence-electron chi connectivity index (χ3n) is 5.20. The lowest BCUT2D eigenvalue weighted by atomic mass is 10.2. The normalized spacial score (nSPS) is 13.6. The molecule has 0 spiro atoms. The van der Waals surface area contributed by atoms with Crippen LogP contribution in [0.3, 0.4) is 0 Å². The van der Waals surface area contributed by atoms with Crippen molar-refractivity contribution in [2.45, 2.75) is 20.3 Å². The molecule has 4 rings (SSSR count). The van der Waals surface area contributed by atoms with E-state index >= 15 is 0 Å². The van der Waals surface area contributed by atoms with Crippen LogP contribution < -0.4 is 19.7 Å². The molecule has 7 nitrogen and oxygen atoms in total. The number of benzene rings is 2. The van der Waals surface area contributed by atoms with Crippen molar-refractivity contribution in [3.05, 3.63) is 53.5 Å². The zero-order valence-corrected chi connectivity index (χ0v) is 19.8. The molecule has 3 aromatic rings. The van der Waals surface area contributed by atoms with Crippen molar-refractivity contribution in [1.29, 1.82) is 0 Å². The lowest BCUT2D eigenvalue weighted by Gasteiger charge is -2.31. The summed E-state index contributed by atoms with van der Waals surface area (Å²) in [7, 11) is 0. The van der Waals surface area contributed by atoms with Crippen LogP contribution in [-0.4, -0.2) is 50.4 Å². The summed E-state index contributed by atoms with van der Waals surface area (Å²) in [6.45, 7) is 7.81. The summed E-state index contributed by atoms with van der Waals surface area (Å²) in [6.07, 6.45) is 0.185. The number of hydrogen-bond acceptors (Lipinski definition) is 7. The summed E-state index contributed by atoms with van der Waals surface area (Å²) >= 11 is 1.54. The first-order valence-corrected chi connectivity index (χ1v) is 12.1. The van der Waals surface area contributed by atoms with Crippen molar-refractivity contribution in [3.63, 3.8) is 0 Å². The van der Waals surface area contributed by atoms with Gasteiger partial charge in [-0.15, -0.1) is 11.3 Å². The Labute approximate surface area is 198 Å². The predicted octanol–water partition coefficient (Wildman–Crippen LogP) is 4.63. The van der Waals surface area contributed by atoms with Crippen molar-refractivity contribution >= 4 is 28.6 Å². The average Bonchev–Trinajstić information content (AvgIpc) is 3.30. The van der Waals surface area contributed by atoms with Crippen LogP contribution in [0.2, 0.25) is 0 Å². The molecule has 1 fully saturated rings. The summed E-state index contributed by atoms with van der Waals surface area (Å²) in [5.74, 6) is 1.19. The number of thiazole rings is 1. The van der Waals surface area contributed by atoms with E-state index in [1.54, 1.807) is 0 Å². The van der Waals surface area contributed by atoms with Crippen LogP contribution in [0.4, 0.5) is 11.4 Å². The minimum atomic E-state index is -0.151. The summed E-state index contributed by atoms with van der Waals surface area (Å²) < 4.78 is 17.3. The molecule has 0 saturated carbocycles. The van der Waals surface area contributed by atoms with Gasteiger partial charge in [-0.3, -0.25) is 4.79 Å². The quantitative estimate of drug-likeness (QED) is 0.495. The number of morpholine rings is 1. The molecular weight excluding hydrogens is 438 g/mol. The van der Waals surface area contributed by atoms with E-state index in [-0.39, 0.29) is 12.3 Å². The van der Waals surface area contributed by atoms with Gasteiger partial charge in [0.2, 0.25) is 5.91 Å². The molecule has 174 valence electrons. The van der Waals surface area contributed by atoms with E-state index in [1.807, 2.05) is 61.7 Å². The number of rotatable bonds is 9. The maximum Gasteiger partial charge on any atom is 0.230 e. The molecule has 0 radical (unpaired) electrons. The number of aromatic nitrogens is 1. The van der Waals surface area contributed by atoms with Crippen LogP contribution in [0.25, 0.3) is 10.6 Å². The van der Waals surface area contributed by atoms with Crippen LogP contribution >= 0.6 is 11.3 Å². The fourth-order valence-electron chi connectivity index (χ4n) is 3.70. The second-order valence-corrected chi connectivity index (χ2v) is 8.37. The minimum absolute atomic E-state index is 0.151.